The zero-order valence-electron chi connectivity index (χ0n) is 13.9. The summed E-state index contributed by atoms with van der Waals surface area (Å²) in [7, 11) is 0. The van der Waals surface area contributed by atoms with E-state index in [1.165, 1.54) is 12.4 Å². The Bertz CT molecular complexity index is 931. The molecule has 0 saturated carbocycles. The van der Waals surface area contributed by atoms with Crippen LogP contribution in [0, 0.1) is 0 Å². The minimum atomic E-state index is -0.354. The number of aromatic nitrogens is 3. The van der Waals surface area contributed by atoms with Gasteiger partial charge >= 0.3 is 6.01 Å². The van der Waals surface area contributed by atoms with Crippen molar-refractivity contribution in [3.63, 3.8) is 0 Å². The first-order valence-electron chi connectivity index (χ1n) is 7.86. The van der Waals surface area contributed by atoms with Crippen LogP contribution in [0.5, 0.6) is 11.8 Å². The van der Waals surface area contributed by atoms with Gasteiger partial charge in [0.2, 0.25) is 0 Å². The van der Waals surface area contributed by atoms with Gasteiger partial charge < -0.3 is 15.8 Å². The third-order valence-electron chi connectivity index (χ3n) is 3.58. The number of nitrogens with zero attached hydrogens (tertiary/aromatic N) is 3. The molecule has 2 aromatic heterocycles. The van der Waals surface area contributed by atoms with E-state index in [4.69, 9.17) is 22.1 Å². The number of amides is 1. The van der Waals surface area contributed by atoms with Crippen LogP contribution in [0.1, 0.15) is 22.8 Å². The molecule has 7 nitrogen and oxygen atoms in total. The van der Waals surface area contributed by atoms with Crippen molar-refractivity contribution >= 4 is 28.9 Å². The van der Waals surface area contributed by atoms with E-state index in [1.54, 1.807) is 36.7 Å². The zero-order valence-corrected chi connectivity index (χ0v) is 14.7. The van der Waals surface area contributed by atoms with Gasteiger partial charge in [-0.15, -0.1) is 0 Å². The third kappa shape index (κ3) is 4.07. The fourth-order valence-electron chi connectivity index (χ4n) is 2.15. The van der Waals surface area contributed by atoms with Gasteiger partial charge in [-0.05, 0) is 36.2 Å². The van der Waals surface area contributed by atoms with E-state index in [0.717, 1.165) is 12.0 Å². The Balaban J connectivity index is 1.72. The maximum Gasteiger partial charge on any atom is 0.321 e. The second-order valence-electron chi connectivity index (χ2n) is 5.39. The van der Waals surface area contributed by atoms with Crippen LogP contribution in [-0.4, -0.2) is 20.9 Å². The molecule has 0 aliphatic carbocycles. The van der Waals surface area contributed by atoms with Crippen molar-refractivity contribution in [1.29, 1.82) is 0 Å². The van der Waals surface area contributed by atoms with Gasteiger partial charge in [-0.25, -0.2) is 9.97 Å². The number of nitrogens with one attached hydrogen (secondary N) is 1. The second kappa shape index (κ2) is 7.79. The van der Waals surface area contributed by atoms with E-state index >= 15 is 0 Å². The summed E-state index contributed by atoms with van der Waals surface area (Å²) in [6.07, 6.45) is 7.16. The highest BCUT2D eigenvalue weighted by Crippen LogP contribution is 2.30. The van der Waals surface area contributed by atoms with Gasteiger partial charge in [0.1, 0.15) is 5.75 Å². The molecule has 8 heteroatoms. The fourth-order valence-corrected chi connectivity index (χ4v) is 2.37. The lowest BCUT2D eigenvalue weighted by atomic mass is 10.2. The molecule has 3 aromatic rings. The molecule has 0 bridgehead atoms. The smallest absolute Gasteiger partial charge is 0.321 e. The number of ether oxygens (including phenoxy) is 1. The van der Waals surface area contributed by atoms with Crippen LogP contribution < -0.4 is 15.8 Å². The summed E-state index contributed by atoms with van der Waals surface area (Å²) in [4.78, 5) is 24.4. The maximum atomic E-state index is 12.3. The molecule has 3 rings (SSSR count). The Hall–Kier alpha value is -3.19. The normalized spacial score (nSPS) is 10.4. The van der Waals surface area contributed by atoms with Crippen molar-refractivity contribution in [2.24, 2.45) is 0 Å². The Morgan fingerprint density at radius 1 is 1.23 bits per heavy atom. The average molecular weight is 370 g/mol. The number of aryl methyl sites for hydroxylation is 1. The Morgan fingerprint density at radius 2 is 2.00 bits per heavy atom. The van der Waals surface area contributed by atoms with Gasteiger partial charge in [-0.3, -0.25) is 9.78 Å². The number of hydrogen-bond acceptors (Lipinski definition) is 6. The van der Waals surface area contributed by atoms with E-state index < -0.39 is 0 Å². The molecule has 2 heterocycles. The molecule has 0 fully saturated rings. The lowest BCUT2D eigenvalue weighted by molar-refractivity contribution is 0.102. The molecular formula is C18H16ClN5O2. The van der Waals surface area contributed by atoms with E-state index in [1.807, 2.05) is 6.92 Å². The number of anilines is 2. The van der Waals surface area contributed by atoms with E-state index in [2.05, 4.69) is 20.3 Å². The van der Waals surface area contributed by atoms with E-state index in [-0.39, 0.29) is 11.9 Å². The largest absolute Gasteiger partial charge is 0.423 e. The van der Waals surface area contributed by atoms with Crippen molar-refractivity contribution in [2.75, 3.05) is 11.1 Å². The zero-order chi connectivity index (χ0) is 18.5. The number of halogens is 1. The molecule has 0 unspecified atom stereocenters. The lowest BCUT2D eigenvalue weighted by Gasteiger charge is -2.10. The summed E-state index contributed by atoms with van der Waals surface area (Å²) in [5.74, 6) is 0.0328. The van der Waals surface area contributed by atoms with Crippen LogP contribution >= 0.6 is 11.6 Å². The number of carbonyl (C=O) groups is 1. The number of benzene rings is 1. The van der Waals surface area contributed by atoms with Gasteiger partial charge in [0, 0.05) is 24.3 Å². The van der Waals surface area contributed by atoms with Gasteiger partial charge in [0.05, 0.1) is 22.5 Å². The van der Waals surface area contributed by atoms with E-state index in [0.29, 0.717) is 27.7 Å². The van der Waals surface area contributed by atoms with Gasteiger partial charge in [0.25, 0.3) is 5.91 Å². The van der Waals surface area contributed by atoms with Crippen LogP contribution in [0.3, 0.4) is 0 Å². The summed E-state index contributed by atoms with van der Waals surface area (Å²) in [6.45, 7) is 2.02. The van der Waals surface area contributed by atoms with Crippen LogP contribution in [0.2, 0.25) is 5.02 Å². The quantitative estimate of drug-likeness (QED) is 0.710. The number of pyridine rings is 1. The molecule has 26 heavy (non-hydrogen) atoms. The van der Waals surface area contributed by atoms with Gasteiger partial charge in [0.15, 0.2) is 0 Å². The monoisotopic (exact) mass is 369 g/mol. The Labute approximate surface area is 155 Å². The molecule has 0 aliphatic rings. The predicted octanol–water partition coefficient (Wildman–Crippen LogP) is 3.71. The van der Waals surface area contributed by atoms with Crippen molar-refractivity contribution in [1.82, 2.24) is 15.0 Å². The maximum absolute atomic E-state index is 12.3. The summed E-state index contributed by atoms with van der Waals surface area (Å²) in [5.41, 5.74) is 7.90. The van der Waals surface area contributed by atoms with Crippen molar-refractivity contribution in [3.05, 3.63) is 65.2 Å². The Morgan fingerprint density at radius 3 is 2.65 bits per heavy atom. The van der Waals surface area contributed by atoms with Crippen molar-refractivity contribution < 1.29 is 9.53 Å². The molecule has 132 valence electrons. The molecule has 1 amide bonds. The van der Waals surface area contributed by atoms with Crippen LogP contribution in [-0.2, 0) is 6.42 Å². The van der Waals surface area contributed by atoms with Crippen LogP contribution in [0.25, 0.3) is 0 Å². The van der Waals surface area contributed by atoms with Gasteiger partial charge in [-0.1, -0.05) is 18.5 Å². The molecule has 0 saturated heterocycles. The fraction of sp³-hybridized carbons (Fsp3) is 0.111. The molecule has 1 aromatic carbocycles. The Kier molecular flexibility index (Phi) is 5.28. The van der Waals surface area contributed by atoms with Crippen LogP contribution in [0.4, 0.5) is 11.4 Å². The molecule has 0 aliphatic heterocycles. The SMILES string of the molecule is CCc1cnc(Oc2ccc(NC(=O)c3ccncc3N)cc2Cl)nc1. The highest BCUT2D eigenvalue weighted by molar-refractivity contribution is 6.32. The predicted molar refractivity (Wildman–Crippen MR) is 99.5 cm³/mol. The molecule has 0 radical (unpaired) electrons. The molecule has 0 spiro atoms. The first kappa shape index (κ1) is 17.6. The minimum Gasteiger partial charge on any atom is -0.423 e. The highest BCUT2D eigenvalue weighted by Gasteiger charge is 2.12. The summed E-state index contributed by atoms with van der Waals surface area (Å²) >= 11 is 6.23. The van der Waals surface area contributed by atoms with Crippen molar-refractivity contribution in [2.45, 2.75) is 13.3 Å². The topological polar surface area (TPSA) is 103 Å². The number of rotatable bonds is 5. The van der Waals surface area contributed by atoms with Crippen LogP contribution in [0.15, 0.2) is 49.1 Å². The average Bonchev–Trinajstić information content (AvgIpc) is 2.65. The molecular weight excluding hydrogens is 354 g/mol. The number of nitrogens with two attached hydrogens (primary N) is 1. The number of hydrogen-bond donors (Lipinski definition) is 2. The highest BCUT2D eigenvalue weighted by atomic mass is 35.5. The number of carbonyl (C=O) groups excluding carboxylic acids is 1. The third-order valence-corrected chi connectivity index (χ3v) is 3.87. The lowest BCUT2D eigenvalue weighted by Crippen LogP contribution is -2.14. The summed E-state index contributed by atoms with van der Waals surface area (Å²) < 4.78 is 5.58. The van der Waals surface area contributed by atoms with Crippen molar-refractivity contribution in [3.8, 4) is 11.8 Å². The standard InChI is InChI=1S/C18H16ClN5O2/c1-2-11-8-22-18(23-9-11)26-16-4-3-12(7-14(16)19)24-17(25)13-5-6-21-10-15(13)20/h3-10H,2,20H2,1H3,(H,24,25). The van der Waals surface area contributed by atoms with E-state index in [9.17, 15) is 4.79 Å². The second-order valence-corrected chi connectivity index (χ2v) is 5.80. The summed E-state index contributed by atoms with van der Waals surface area (Å²) in [5, 5.41) is 3.04. The number of nitrogen functional groups attached to an aromatic ring is 1. The summed E-state index contributed by atoms with van der Waals surface area (Å²) in [6, 6.07) is 6.61. The molecule has 3 N–H and O–H groups in total. The van der Waals surface area contributed by atoms with Gasteiger partial charge in [-0.2, -0.15) is 0 Å². The first-order valence-corrected chi connectivity index (χ1v) is 8.23. The minimum absolute atomic E-state index is 0.199. The first-order chi connectivity index (χ1) is 12.6. The molecule has 0 atom stereocenters.